The van der Waals surface area contributed by atoms with Crippen molar-refractivity contribution in [3.05, 3.63) is 71.8 Å². The van der Waals surface area contributed by atoms with Crippen molar-refractivity contribution in [2.45, 2.75) is 37.7 Å². The zero-order chi connectivity index (χ0) is 17.2. The lowest BCUT2D eigenvalue weighted by Crippen LogP contribution is -2.27. The molecule has 1 amide bonds. The van der Waals surface area contributed by atoms with Gasteiger partial charge in [-0.2, -0.15) is 5.10 Å². The van der Waals surface area contributed by atoms with Gasteiger partial charge in [-0.25, -0.2) is 5.43 Å². The van der Waals surface area contributed by atoms with Gasteiger partial charge in [0, 0.05) is 11.5 Å². The Balaban J connectivity index is 1.72. The maximum atomic E-state index is 12.1. The van der Waals surface area contributed by atoms with Crippen LogP contribution in [0.1, 0.15) is 31.4 Å². The Hall–Kier alpha value is -2.07. The summed E-state index contributed by atoms with van der Waals surface area (Å²) < 4.78 is 0. The monoisotopic (exact) mass is 340 g/mol. The SMILES string of the molecule is C/C(CCc1ccccc1)=N/NC(=O)[C@@H](C)SCc1ccccc1. The van der Waals surface area contributed by atoms with Gasteiger partial charge in [-0.15, -0.1) is 11.8 Å². The Morgan fingerprint density at radius 3 is 2.25 bits per heavy atom. The largest absolute Gasteiger partial charge is 0.272 e. The van der Waals surface area contributed by atoms with Crippen LogP contribution in [0.4, 0.5) is 0 Å². The highest BCUT2D eigenvalue weighted by molar-refractivity contribution is 7.99. The van der Waals surface area contributed by atoms with Gasteiger partial charge in [0.25, 0.3) is 5.91 Å². The number of carbonyl (C=O) groups is 1. The maximum absolute atomic E-state index is 12.1. The first-order chi connectivity index (χ1) is 11.6. The quantitative estimate of drug-likeness (QED) is 0.570. The van der Waals surface area contributed by atoms with Crippen LogP contribution in [-0.2, 0) is 17.0 Å². The molecule has 4 heteroatoms. The van der Waals surface area contributed by atoms with Gasteiger partial charge in [0.2, 0.25) is 0 Å². The second kappa shape index (κ2) is 9.93. The van der Waals surface area contributed by atoms with Crippen molar-refractivity contribution in [3.63, 3.8) is 0 Å². The molecule has 2 aromatic rings. The lowest BCUT2D eigenvalue weighted by molar-refractivity contribution is -0.120. The number of carbonyl (C=O) groups excluding carboxylic acids is 1. The van der Waals surface area contributed by atoms with Crippen molar-refractivity contribution in [2.75, 3.05) is 0 Å². The Kier molecular flexibility index (Phi) is 7.56. The van der Waals surface area contributed by atoms with E-state index in [1.807, 2.05) is 50.2 Å². The average Bonchev–Trinajstić information content (AvgIpc) is 2.64. The van der Waals surface area contributed by atoms with Gasteiger partial charge in [-0.3, -0.25) is 4.79 Å². The number of thioether (sulfide) groups is 1. The van der Waals surface area contributed by atoms with Gasteiger partial charge in [0.1, 0.15) is 0 Å². The molecule has 0 unspecified atom stereocenters. The topological polar surface area (TPSA) is 41.5 Å². The number of nitrogens with zero attached hydrogens (tertiary/aromatic N) is 1. The molecule has 2 aromatic carbocycles. The molecule has 0 saturated carbocycles. The number of nitrogens with one attached hydrogen (secondary N) is 1. The fourth-order valence-electron chi connectivity index (χ4n) is 2.14. The summed E-state index contributed by atoms with van der Waals surface area (Å²) in [6.45, 7) is 3.86. The van der Waals surface area contributed by atoms with E-state index in [-0.39, 0.29) is 11.2 Å². The summed E-state index contributed by atoms with van der Waals surface area (Å²) in [4.78, 5) is 12.1. The van der Waals surface area contributed by atoms with E-state index in [0.717, 1.165) is 24.3 Å². The summed E-state index contributed by atoms with van der Waals surface area (Å²) in [5.41, 5.74) is 6.13. The molecule has 1 atom stereocenters. The van der Waals surface area contributed by atoms with E-state index in [1.165, 1.54) is 11.1 Å². The molecule has 0 aromatic heterocycles. The second-order valence-corrected chi connectivity index (χ2v) is 7.08. The summed E-state index contributed by atoms with van der Waals surface area (Å²) in [5, 5.41) is 4.09. The molecular weight excluding hydrogens is 316 g/mol. The number of benzene rings is 2. The first-order valence-electron chi connectivity index (χ1n) is 8.17. The Bertz CT molecular complexity index is 656. The zero-order valence-corrected chi connectivity index (χ0v) is 15.1. The maximum Gasteiger partial charge on any atom is 0.252 e. The fourth-order valence-corrected chi connectivity index (χ4v) is 2.98. The van der Waals surface area contributed by atoms with E-state index in [2.05, 4.69) is 34.8 Å². The van der Waals surface area contributed by atoms with Crippen LogP contribution < -0.4 is 5.43 Å². The molecule has 0 aliphatic carbocycles. The van der Waals surface area contributed by atoms with Gasteiger partial charge < -0.3 is 0 Å². The molecular formula is C20H24N2OS. The minimum absolute atomic E-state index is 0.0463. The molecule has 3 nitrogen and oxygen atoms in total. The van der Waals surface area contributed by atoms with E-state index >= 15 is 0 Å². The molecule has 126 valence electrons. The van der Waals surface area contributed by atoms with Crippen molar-refractivity contribution >= 4 is 23.4 Å². The lowest BCUT2D eigenvalue weighted by Gasteiger charge is -2.10. The molecule has 0 spiro atoms. The van der Waals surface area contributed by atoms with Crippen LogP contribution in [-0.4, -0.2) is 16.9 Å². The minimum Gasteiger partial charge on any atom is -0.272 e. The molecule has 24 heavy (non-hydrogen) atoms. The summed E-state index contributed by atoms with van der Waals surface area (Å²) in [6, 6.07) is 20.5. The van der Waals surface area contributed by atoms with Gasteiger partial charge in [-0.05, 0) is 37.8 Å². The predicted molar refractivity (Wildman–Crippen MR) is 103 cm³/mol. The summed E-state index contributed by atoms with van der Waals surface area (Å²) >= 11 is 1.62. The molecule has 0 heterocycles. The van der Waals surface area contributed by atoms with Gasteiger partial charge in [0.05, 0.1) is 5.25 Å². The van der Waals surface area contributed by atoms with Crippen molar-refractivity contribution in [1.82, 2.24) is 5.43 Å². The van der Waals surface area contributed by atoms with Crippen molar-refractivity contribution in [3.8, 4) is 0 Å². The highest BCUT2D eigenvalue weighted by Crippen LogP contribution is 2.17. The smallest absolute Gasteiger partial charge is 0.252 e. The van der Waals surface area contributed by atoms with E-state index in [4.69, 9.17) is 0 Å². The highest BCUT2D eigenvalue weighted by atomic mass is 32.2. The van der Waals surface area contributed by atoms with Crippen LogP contribution in [0.2, 0.25) is 0 Å². The molecule has 0 aliphatic rings. The number of amides is 1. The number of hydrazone groups is 1. The van der Waals surface area contributed by atoms with Crippen LogP contribution in [0.5, 0.6) is 0 Å². The van der Waals surface area contributed by atoms with Crippen LogP contribution in [0.25, 0.3) is 0 Å². The van der Waals surface area contributed by atoms with Crippen molar-refractivity contribution < 1.29 is 4.79 Å². The molecule has 0 bridgehead atoms. The van der Waals surface area contributed by atoms with Crippen LogP contribution in [0, 0.1) is 0 Å². The molecule has 2 rings (SSSR count). The second-order valence-electron chi connectivity index (χ2n) is 5.75. The van der Waals surface area contributed by atoms with E-state index in [0.29, 0.717) is 0 Å². The number of hydrogen-bond acceptors (Lipinski definition) is 3. The normalized spacial score (nSPS) is 12.7. The third kappa shape index (κ3) is 6.59. The molecule has 0 fully saturated rings. The predicted octanol–water partition coefficient (Wildman–Crippen LogP) is 4.43. The van der Waals surface area contributed by atoms with Gasteiger partial charge >= 0.3 is 0 Å². The third-order valence-electron chi connectivity index (χ3n) is 3.69. The molecule has 0 radical (unpaired) electrons. The van der Waals surface area contributed by atoms with E-state index in [1.54, 1.807) is 11.8 Å². The first kappa shape index (κ1) is 18.3. The lowest BCUT2D eigenvalue weighted by atomic mass is 10.1. The first-order valence-corrected chi connectivity index (χ1v) is 9.22. The van der Waals surface area contributed by atoms with E-state index < -0.39 is 0 Å². The Morgan fingerprint density at radius 1 is 1.04 bits per heavy atom. The number of rotatable bonds is 8. The zero-order valence-electron chi connectivity index (χ0n) is 14.2. The highest BCUT2D eigenvalue weighted by Gasteiger charge is 2.12. The van der Waals surface area contributed by atoms with Gasteiger partial charge in [-0.1, -0.05) is 60.7 Å². The summed E-state index contributed by atoms with van der Waals surface area (Å²) in [5.74, 6) is 0.779. The summed E-state index contributed by atoms with van der Waals surface area (Å²) in [6.07, 6.45) is 1.78. The molecule has 0 saturated heterocycles. The van der Waals surface area contributed by atoms with Crippen LogP contribution in [0.3, 0.4) is 0 Å². The third-order valence-corrected chi connectivity index (χ3v) is 4.90. The number of hydrogen-bond donors (Lipinski definition) is 1. The molecule has 1 N–H and O–H groups in total. The average molecular weight is 340 g/mol. The number of aryl methyl sites for hydroxylation is 1. The van der Waals surface area contributed by atoms with Crippen LogP contribution >= 0.6 is 11.8 Å². The van der Waals surface area contributed by atoms with E-state index in [9.17, 15) is 4.79 Å². The van der Waals surface area contributed by atoms with Crippen LogP contribution in [0.15, 0.2) is 65.8 Å². The minimum atomic E-state index is -0.129. The fraction of sp³-hybridized carbons (Fsp3) is 0.300. The Morgan fingerprint density at radius 2 is 1.62 bits per heavy atom. The van der Waals surface area contributed by atoms with Gasteiger partial charge in [0.15, 0.2) is 0 Å². The Labute approximate surface area is 148 Å². The standard InChI is InChI=1S/C20H24N2OS/c1-16(13-14-18-9-5-3-6-10-18)21-22-20(23)17(2)24-15-19-11-7-4-8-12-19/h3-12,17H,13-15H2,1-2H3,(H,22,23)/b21-16-/t17-/m1/s1. The van der Waals surface area contributed by atoms with Crippen molar-refractivity contribution in [1.29, 1.82) is 0 Å². The van der Waals surface area contributed by atoms with Crippen molar-refractivity contribution in [2.24, 2.45) is 5.10 Å². The summed E-state index contributed by atoms with van der Waals surface area (Å²) in [7, 11) is 0. The molecule has 0 aliphatic heterocycles.